The van der Waals surface area contributed by atoms with E-state index in [1.54, 1.807) is 18.5 Å². The second-order valence-corrected chi connectivity index (χ2v) is 4.84. The van der Waals surface area contributed by atoms with E-state index in [-0.39, 0.29) is 0 Å². The van der Waals surface area contributed by atoms with Gasteiger partial charge >= 0.3 is 0 Å². The number of hydrogen-bond donors (Lipinski definition) is 0. The molecule has 4 heteroatoms. The zero-order chi connectivity index (χ0) is 13.9. The molecule has 1 aliphatic heterocycles. The quantitative estimate of drug-likeness (QED) is 0.790. The Hall–Kier alpha value is -2.31. The van der Waals surface area contributed by atoms with Gasteiger partial charge in [-0.05, 0) is 35.4 Å². The zero-order valence-electron chi connectivity index (χ0n) is 10.6. The molecule has 1 aliphatic rings. The lowest BCUT2D eigenvalue weighted by molar-refractivity contribution is 0.357. The van der Waals surface area contributed by atoms with Crippen LogP contribution in [0.2, 0.25) is 0 Å². The summed E-state index contributed by atoms with van der Waals surface area (Å²) in [5, 5.41) is 9.80. The Labute approximate surface area is 122 Å². The van der Waals surface area contributed by atoms with Crippen molar-refractivity contribution in [1.29, 1.82) is 5.26 Å². The molecule has 0 radical (unpaired) electrons. The fraction of sp³-hybridized carbons (Fsp3) is 0.125. The summed E-state index contributed by atoms with van der Waals surface area (Å²) < 4.78 is 5.47. The second-order valence-electron chi connectivity index (χ2n) is 4.46. The van der Waals surface area contributed by atoms with Crippen molar-refractivity contribution in [3.63, 3.8) is 0 Å². The number of halogens is 1. The highest BCUT2D eigenvalue weighted by atomic mass is 35.5. The third-order valence-electron chi connectivity index (χ3n) is 3.22. The van der Waals surface area contributed by atoms with Gasteiger partial charge in [-0.3, -0.25) is 4.98 Å². The molecule has 20 heavy (non-hydrogen) atoms. The molecule has 3 rings (SSSR count). The molecule has 0 saturated heterocycles. The lowest BCUT2D eigenvalue weighted by Crippen LogP contribution is -1.88. The molecule has 0 spiro atoms. The number of nitriles is 1. The van der Waals surface area contributed by atoms with Crippen LogP contribution in [0.3, 0.4) is 0 Å². The molecule has 1 aromatic heterocycles. The molecule has 3 nitrogen and oxygen atoms in total. The molecular formula is C16H11ClN2O. The average Bonchev–Trinajstić information content (AvgIpc) is 2.96. The number of allylic oxidation sites excluding steroid dienone is 1. The van der Waals surface area contributed by atoms with E-state index in [1.807, 2.05) is 24.3 Å². The Balaban J connectivity index is 2.08. The van der Waals surface area contributed by atoms with Crippen LogP contribution in [-0.4, -0.2) is 11.6 Å². The monoisotopic (exact) mass is 282 g/mol. The van der Waals surface area contributed by atoms with Gasteiger partial charge in [0.05, 0.1) is 17.2 Å². The van der Waals surface area contributed by atoms with E-state index in [9.17, 15) is 5.26 Å². The van der Waals surface area contributed by atoms with E-state index in [4.69, 9.17) is 16.3 Å². The highest BCUT2D eigenvalue weighted by Gasteiger charge is 2.15. The minimum absolute atomic E-state index is 0.429. The summed E-state index contributed by atoms with van der Waals surface area (Å²) in [5.74, 6) is 0.901. The molecule has 2 heterocycles. The number of aromatic nitrogens is 1. The summed E-state index contributed by atoms with van der Waals surface area (Å²) in [5.41, 5.74) is 3.11. The SMILES string of the molecule is N#C/C(=C(/Cl)c1ccc2c(c1)CCO2)c1cccnc1. The summed E-state index contributed by atoms with van der Waals surface area (Å²) in [6, 6.07) is 11.5. The molecule has 0 aliphatic carbocycles. The van der Waals surface area contributed by atoms with Gasteiger partial charge < -0.3 is 4.74 Å². The summed E-state index contributed by atoms with van der Waals surface area (Å²) in [6.07, 6.45) is 4.18. The highest BCUT2D eigenvalue weighted by molar-refractivity contribution is 6.53. The van der Waals surface area contributed by atoms with Gasteiger partial charge in [0.1, 0.15) is 11.8 Å². The first kappa shape index (κ1) is 12.7. The average molecular weight is 283 g/mol. The van der Waals surface area contributed by atoms with E-state index >= 15 is 0 Å². The maximum Gasteiger partial charge on any atom is 0.122 e. The Bertz CT molecular complexity index is 717. The van der Waals surface area contributed by atoms with E-state index in [2.05, 4.69) is 11.1 Å². The molecule has 1 aromatic carbocycles. The maximum atomic E-state index is 9.36. The molecule has 0 unspecified atom stereocenters. The molecular weight excluding hydrogens is 272 g/mol. The zero-order valence-corrected chi connectivity index (χ0v) is 11.4. The van der Waals surface area contributed by atoms with E-state index in [0.29, 0.717) is 17.2 Å². The van der Waals surface area contributed by atoms with Crippen molar-refractivity contribution >= 4 is 22.2 Å². The van der Waals surface area contributed by atoms with Gasteiger partial charge in [-0.2, -0.15) is 5.26 Å². The lowest BCUT2D eigenvalue weighted by atomic mass is 10.0. The topological polar surface area (TPSA) is 45.9 Å². The number of nitrogens with zero attached hydrogens (tertiary/aromatic N) is 2. The fourth-order valence-corrected chi connectivity index (χ4v) is 2.49. The molecule has 98 valence electrons. The summed E-state index contributed by atoms with van der Waals surface area (Å²) >= 11 is 6.40. The van der Waals surface area contributed by atoms with Crippen LogP contribution in [-0.2, 0) is 6.42 Å². The molecule has 0 amide bonds. The van der Waals surface area contributed by atoms with E-state index in [1.165, 1.54) is 0 Å². The minimum atomic E-state index is 0.429. The Morgan fingerprint density at radius 3 is 2.95 bits per heavy atom. The first-order valence-electron chi connectivity index (χ1n) is 6.26. The maximum absolute atomic E-state index is 9.36. The Kier molecular flexibility index (Phi) is 3.41. The number of benzene rings is 1. The number of rotatable bonds is 2. The Morgan fingerprint density at radius 1 is 1.30 bits per heavy atom. The first-order chi connectivity index (χ1) is 9.79. The smallest absolute Gasteiger partial charge is 0.122 e. The molecule has 0 saturated carbocycles. The van der Waals surface area contributed by atoms with Crippen LogP contribution in [0.4, 0.5) is 0 Å². The third kappa shape index (κ3) is 2.26. The number of fused-ring (bicyclic) bond motifs is 1. The van der Waals surface area contributed by atoms with Crippen molar-refractivity contribution in [2.24, 2.45) is 0 Å². The predicted molar refractivity (Wildman–Crippen MR) is 78.2 cm³/mol. The van der Waals surface area contributed by atoms with Gasteiger partial charge in [-0.1, -0.05) is 17.7 Å². The predicted octanol–water partition coefficient (Wildman–Crippen LogP) is 3.65. The van der Waals surface area contributed by atoms with Crippen molar-refractivity contribution in [2.45, 2.75) is 6.42 Å². The summed E-state index contributed by atoms with van der Waals surface area (Å²) in [6.45, 7) is 0.702. The minimum Gasteiger partial charge on any atom is -0.493 e. The van der Waals surface area contributed by atoms with Gasteiger partial charge in [0.15, 0.2) is 0 Å². The first-order valence-corrected chi connectivity index (χ1v) is 6.64. The highest BCUT2D eigenvalue weighted by Crippen LogP contribution is 2.33. The molecule has 0 fully saturated rings. The van der Waals surface area contributed by atoms with Crippen molar-refractivity contribution in [1.82, 2.24) is 4.98 Å². The number of ether oxygens (including phenoxy) is 1. The standard InChI is InChI=1S/C16H11ClN2O/c17-16(14(9-18)13-2-1-6-19-10-13)12-3-4-15-11(8-12)5-7-20-15/h1-4,6,8,10H,5,7H2/b16-14-. The van der Waals surface area contributed by atoms with Crippen LogP contribution in [0.15, 0.2) is 42.7 Å². The normalized spacial score (nSPS) is 14.0. The van der Waals surface area contributed by atoms with Crippen LogP contribution < -0.4 is 4.74 Å². The molecule has 0 bridgehead atoms. The van der Waals surface area contributed by atoms with Gasteiger partial charge in [0, 0.05) is 24.4 Å². The van der Waals surface area contributed by atoms with Crippen molar-refractivity contribution in [3.05, 3.63) is 59.4 Å². The van der Waals surface area contributed by atoms with Crippen molar-refractivity contribution in [2.75, 3.05) is 6.61 Å². The number of hydrogen-bond acceptors (Lipinski definition) is 3. The van der Waals surface area contributed by atoms with Gasteiger partial charge in [-0.15, -0.1) is 0 Å². The lowest BCUT2D eigenvalue weighted by Gasteiger charge is -2.06. The molecule has 2 aromatic rings. The second kappa shape index (κ2) is 5.36. The van der Waals surface area contributed by atoms with Crippen LogP contribution in [0, 0.1) is 11.3 Å². The van der Waals surface area contributed by atoms with Crippen LogP contribution in [0.25, 0.3) is 10.6 Å². The van der Waals surface area contributed by atoms with Gasteiger partial charge in [0.25, 0.3) is 0 Å². The van der Waals surface area contributed by atoms with Gasteiger partial charge in [0.2, 0.25) is 0 Å². The molecule has 0 N–H and O–H groups in total. The fourth-order valence-electron chi connectivity index (χ4n) is 2.22. The van der Waals surface area contributed by atoms with Gasteiger partial charge in [-0.25, -0.2) is 0 Å². The Morgan fingerprint density at radius 2 is 2.20 bits per heavy atom. The van der Waals surface area contributed by atoms with Crippen LogP contribution in [0.5, 0.6) is 5.75 Å². The summed E-state index contributed by atoms with van der Waals surface area (Å²) in [7, 11) is 0. The van der Waals surface area contributed by atoms with Crippen LogP contribution >= 0.6 is 11.6 Å². The largest absolute Gasteiger partial charge is 0.493 e. The third-order valence-corrected chi connectivity index (χ3v) is 3.63. The van der Waals surface area contributed by atoms with E-state index < -0.39 is 0 Å². The van der Waals surface area contributed by atoms with Crippen LogP contribution in [0.1, 0.15) is 16.7 Å². The number of pyridine rings is 1. The molecule has 0 atom stereocenters. The van der Waals surface area contributed by atoms with Crippen molar-refractivity contribution in [3.8, 4) is 11.8 Å². The summed E-state index contributed by atoms with van der Waals surface area (Å²) in [4.78, 5) is 4.02. The van der Waals surface area contributed by atoms with Crippen molar-refractivity contribution < 1.29 is 4.74 Å². The van der Waals surface area contributed by atoms with E-state index in [0.717, 1.165) is 28.9 Å².